The zero-order valence-corrected chi connectivity index (χ0v) is 13.1. The molecule has 0 unspecified atom stereocenters. The van der Waals surface area contributed by atoms with Gasteiger partial charge in [-0.1, -0.05) is 42.5 Å². The zero-order valence-electron chi connectivity index (χ0n) is 13.1. The summed E-state index contributed by atoms with van der Waals surface area (Å²) in [7, 11) is 1.55. The number of nitrogens with two attached hydrogens (primary N) is 1. The second-order valence-corrected chi connectivity index (χ2v) is 5.04. The third-order valence-corrected chi connectivity index (χ3v) is 3.62. The molecule has 0 radical (unpaired) electrons. The highest BCUT2D eigenvalue weighted by Crippen LogP contribution is 2.22. The van der Waals surface area contributed by atoms with Crippen LogP contribution in [0.5, 0.6) is 5.75 Å². The molecule has 0 atom stereocenters. The van der Waals surface area contributed by atoms with Crippen LogP contribution in [0.3, 0.4) is 0 Å². The first kappa shape index (κ1) is 15.5. The van der Waals surface area contributed by atoms with Gasteiger partial charge < -0.3 is 10.6 Å². The van der Waals surface area contributed by atoms with Gasteiger partial charge in [0.15, 0.2) is 0 Å². The summed E-state index contributed by atoms with van der Waals surface area (Å²) in [5, 5.41) is 10.4. The van der Waals surface area contributed by atoms with Crippen LogP contribution < -0.4 is 16.1 Å². The number of benzene rings is 2. The lowest BCUT2D eigenvalue weighted by Crippen LogP contribution is -2.22. The summed E-state index contributed by atoms with van der Waals surface area (Å²) in [5.74, 6) is 6.16. The van der Waals surface area contributed by atoms with E-state index in [1.165, 1.54) is 0 Å². The summed E-state index contributed by atoms with van der Waals surface area (Å²) in [6.07, 6.45) is 0. The van der Waals surface area contributed by atoms with Gasteiger partial charge in [0.25, 0.3) is 5.56 Å². The largest absolute Gasteiger partial charge is 0.496 e. The van der Waals surface area contributed by atoms with Crippen molar-refractivity contribution in [3.63, 3.8) is 0 Å². The summed E-state index contributed by atoms with van der Waals surface area (Å²) in [5.41, 5.74) is 2.44. The van der Waals surface area contributed by atoms with Crippen molar-refractivity contribution in [2.45, 2.75) is 0 Å². The number of hydrazone groups is 1. The van der Waals surface area contributed by atoms with Crippen LogP contribution >= 0.6 is 0 Å². The number of para-hydroxylation sites is 1. The van der Waals surface area contributed by atoms with Crippen LogP contribution in [-0.2, 0) is 0 Å². The molecule has 0 aliphatic rings. The van der Waals surface area contributed by atoms with Crippen LogP contribution in [0.25, 0.3) is 11.3 Å². The molecular formula is C18H16N4O2. The van der Waals surface area contributed by atoms with Crippen LogP contribution in [0.15, 0.2) is 70.6 Å². The lowest BCUT2D eigenvalue weighted by atomic mass is 10.0. The molecule has 1 aromatic heterocycles. The zero-order chi connectivity index (χ0) is 16.9. The van der Waals surface area contributed by atoms with Crippen LogP contribution in [0.1, 0.15) is 11.1 Å². The van der Waals surface area contributed by atoms with E-state index in [2.05, 4.69) is 15.3 Å². The van der Waals surface area contributed by atoms with E-state index < -0.39 is 0 Å². The monoisotopic (exact) mass is 320 g/mol. The van der Waals surface area contributed by atoms with E-state index in [-0.39, 0.29) is 5.56 Å². The van der Waals surface area contributed by atoms with Crippen molar-refractivity contribution >= 4 is 5.71 Å². The molecule has 0 saturated heterocycles. The Labute approximate surface area is 138 Å². The molecule has 1 heterocycles. The maximum Gasteiger partial charge on any atom is 0.273 e. The molecule has 0 spiro atoms. The first-order chi connectivity index (χ1) is 11.7. The van der Waals surface area contributed by atoms with Crippen molar-refractivity contribution in [3.05, 3.63) is 82.1 Å². The molecule has 0 saturated carbocycles. The van der Waals surface area contributed by atoms with Crippen LogP contribution in [0, 0.1) is 0 Å². The number of aromatic nitrogens is 2. The standard InChI is InChI=1S/C18H16N4O2/c1-24-16-10-6-5-9-13(16)17(20-19)14-11-15(21-22-18(14)23)12-7-3-2-4-8-12/h2-11H,19H2,1H3,(H,22,23)/b20-17+. The van der Waals surface area contributed by atoms with Crippen LogP contribution in [0.2, 0.25) is 0 Å². The molecule has 24 heavy (non-hydrogen) atoms. The van der Waals surface area contributed by atoms with Gasteiger partial charge >= 0.3 is 0 Å². The van der Waals surface area contributed by atoms with Gasteiger partial charge in [0.05, 0.1) is 18.4 Å². The van der Waals surface area contributed by atoms with Crippen molar-refractivity contribution in [1.29, 1.82) is 0 Å². The molecule has 3 aromatic rings. The highest BCUT2D eigenvalue weighted by atomic mass is 16.5. The van der Waals surface area contributed by atoms with E-state index in [1.807, 2.05) is 42.5 Å². The summed E-state index contributed by atoms with van der Waals surface area (Å²) < 4.78 is 5.34. The molecule has 0 aliphatic heterocycles. The topological polar surface area (TPSA) is 93.4 Å². The summed E-state index contributed by atoms with van der Waals surface area (Å²) in [4.78, 5) is 12.3. The second-order valence-electron chi connectivity index (χ2n) is 5.04. The van der Waals surface area contributed by atoms with Crippen LogP contribution in [0.4, 0.5) is 0 Å². The van der Waals surface area contributed by atoms with E-state index in [4.69, 9.17) is 10.6 Å². The molecule has 6 nitrogen and oxygen atoms in total. The van der Waals surface area contributed by atoms with Gasteiger partial charge in [-0.3, -0.25) is 4.79 Å². The normalized spacial score (nSPS) is 11.3. The summed E-state index contributed by atoms with van der Waals surface area (Å²) in [6.45, 7) is 0. The predicted octanol–water partition coefficient (Wildman–Crippen LogP) is 2.16. The Balaban J connectivity index is 2.15. The van der Waals surface area contributed by atoms with Gasteiger partial charge in [-0.05, 0) is 18.2 Å². The molecule has 2 aromatic carbocycles. The molecule has 120 valence electrons. The SMILES string of the molecule is COc1ccccc1/C(=N\N)c1cc(-c2ccccc2)n[nH]c1=O. The fourth-order valence-corrected chi connectivity index (χ4v) is 2.46. The van der Waals surface area contributed by atoms with Crippen LogP contribution in [-0.4, -0.2) is 23.0 Å². The Kier molecular flexibility index (Phi) is 4.38. The van der Waals surface area contributed by atoms with Gasteiger partial charge in [-0.15, -0.1) is 0 Å². The molecule has 0 bridgehead atoms. The summed E-state index contributed by atoms with van der Waals surface area (Å²) >= 11 is 0. The number of hydrogen-bond donors (Lipinski definition) is 2. The number of nitrogens with one attached hydrogen (secondary N) is 1. The molecule has 3 rings (SSSR count). The maximum atomic E-state index is 12.3. The number of rotatable bonds is 4. The van der Waals surface area contributed by atoms with E-state index in [9.17, 15) is 4.79 Å². The second kappa shape index (κ2) is 6.78. The highest BCUT2D eigenvalue weighted by Gasteiger charge is 2.17. The molecule has 0 fully saturated rings. The third-order valence-electron chi connectivity index (χ3n) is 3.62. The van der Waals surface area contributed by atoms with Gasteiger partial charge in [-0.25, -0.2) is 5.10 Å². The molecule has 0 aliphatic carbocycles. The fourth-order valence-electron chi connectivity index (χ4n) is 2.46. The quantitative estimate of drug-likeness (QED) is 0.437. The number of H-pyrrole nitrogens is 1. The summed E-state index contributed by atoms with van der Waals surface area (Å²) in [6, 6.07) is 18.5. The van der Waals surface area contributed by atoms with Crippen molar-refractivity contribution < 1.29 is 4.74 Å². The molecule has 3 N–H and O–H groups in total. The predicted molar refractivity (Wildman–Crippen MR) is 93.1 cm³/mol. The number of methoxy groups -OCH3 is 1. The third kappa shape index (κ3) is 2.89. The minimum Gasteiger partial charge on any atom is -0.496 e. The van der Waals surface area contributed by atoms with Gasteiger partial charge in [0, 0.05) is 11.1 Å². The van der Waals surface area contributed by atoms with Crippen molar-refractivity contribution in [2.24, 2.45) is 10.9 Å². The van der Waals surface area contributed by atoms with Crippen molar-refractivity contribution in [3.8, 4) is 17.0 Å². The Morgan fingerprint density at radius 3 is 2.50 bits per heavy atom. The minimum absolute atomic E-state index is 0.329. The molecule has 6 heteroatoms. The molecular weight excluding hydrogens is 304 g/mol. The molecule has 0 amide bonds. The van der Waals surface area contributed by atoms with E-state index in [0.29, 0.717) is 28.3 Å². The lowest BCUT2D eigenvalue weighted by molar-refractivity contribution is 0.414. The smallest absolute Gasteiger partial charge is 0.273 e. The van der Waals surface area contributed by atoms with Crippen molar-refractivity contribution in [1.82, 2.24) is 10.2 Å². The fraction of sp³-hybridized carbons (Fsp3) is 0.0556. The lowest BCUT2D eigenvalue weighted by Gasteiger charge is -2.10. The number of nitrogens with zero attached hydrogens (tertiary/aromatic N) is 2. The highest BCUT2D eigenvalue weighted by molar-refractivity contribution is 6.14. The average Bonchev–Trinajstić information content (AvgIpc) is 2.65. The van der Waals surface area contributed by atoms with Gasteiger partial charge in [0.1, 0.15) is 11.5 Å². The number of aromatic amines is 1. The number of hydrogen-bond acceptors (Lipinski definition) is 5. The maximum absolute atomic E-state index is 12.3. The Morgan fingerprint density at radius 2 is 1.79 bits per heavy atom. The first-order valence-corrected chi connectivity index (χ1v) is 7.31. The Bertz CT molecular complexity index is 933. The Morgan fingerprint density at radius 1 is 1.08 bits per heavy atom. The van der Waals surface area contributed by atoms with Gasteiger partial charge in [0.2, 0.25) is 0 Å². The first-order valence-electron chi connectivity index (χ1n) is 7.31. The van der Waals surface area contributed by atoms with Gasteiger partial charge in [-0.2, -0.15) is 10.2 Å². The van der Waals surface area contributed by atoms with E-state index in [1.54, 1.807) is 25.3 Å². The minimum atomic E-state index is -0.371. The number of ether oxygens (including phenoxy) is 1. The van der Waals surface area contributed by atoms with E-state index >= 15 is 0 Å². The average molecular weight is 320 g/mol. The van der Waals surface area contributed by atoms with Crippen molar-refractivity contribution in [2.75, 3.05) is 7.11 Å². The van der Waals surface area contributed by atoms with E-state index in [0.717, 1.165) is 5.56 Å². The Hall–Kier alpha value is -3.41.